The zero-order chi connectivity index (χ0) is 17.7. The number of esters is 1. The van der Waals surface area contributed by atoms with Crippen LogP contribution in [0.5, 0.6) is 0 Å². The first-order valence-corrected chi connectivity index (χ1v) is 8.82. The SMILES string of the molecule is COC(=O)c1cc(CSCC(=O)Nc2ccc(Cl)cc2Cl)oc1C. The molecule has 5 nitrogen and oxygen atoms in total. The molecule has 2 aromatic rings. The van der Waals surface area contributed by atoms with Crippen molar-refractivity contribution in [2.45, 2.75) is 12.7 Å². The molecule has 1 amide bonds. The lowest BCUT2D eigenvalue weighted by molar-refractivity contribution is -0.113. The maximum atomic E-state index is 11.9. The van der Waals surface area contributed by atoms with Gasteiger partial charge in [0.1, 0.15) is 17.1 Å². The van der Waals surface area contributed by atoms with Crippen LogP contribution in [0.1, 0.15) is 21.9 Å². The molecule has 0 fully saturated rings. The topological polar surface area (TPSA) is 68.5 Å². The van der Waals surface area contributed by atoms with E-state index in [1.165, 1.54) is 18.9 Å². The summed E-state index contributed by atoms with van der Waals surface area (Å²) in [4.78, 5) is 23.5. The number of amides is 1. The fourth-order valence-corrected chi connectivity index (χ4v) is 3.11. The minimum atomic E-state index is -0.442. The number of benzene rings is 1. The summed E-state index contributed by atoms with van der Waals surface area (Å²) >= 11 is 13.2. The van der Waals surface area contributed by atoms with E-state index in [2.05, 4.69) is 10.1 Å². The van der Waals surface area contributed by atoms with E-state index in [1.807, 2.05) is 0 Å². The molecule has 2 rings (SSSR count). The Kier molecular flexibility index (Phi) is 6.60. The van der Waals surface area contributed by atoms with Crippen LogP contribution in [0.15, 0.2) is 28.7 Å². The normalized spacial score (nSPS) is 10.5. The molecule has 1 heterocycles. The van der Waals surface area contributed by atoms with Gasteiger partial charge in [0.15, 0.2) is 0 Å². The zero-order valence-corrected chi connectivity index (χ0v) is 15.3. The van der Waals surface area contributed by atoms with Gasteiger partial charge < -0.3 is 14.5 Å². The average Bonchev–Trinajstić information content (AvgIpc) is 2.90. The van der Waals surface area contributed by atoms with Crippen molar-refractivity contribution in [2.75, 3.05) is 18.2 Å². The predicted octanol–water partition coefficient (Wildman–Crippen LogP) is 4.55. The van der Waals surface area contributed by atoms with Crippen molar-refractivity contribution in [3.63, 3.8) is 0 Å². The van der Waals surface area contributed by atoms with Gasteiger partial charge in [0.05, 0.1) is 29.3 Å². The monoisotopic (exact) mass is 387 g/mol. The number of rotatable bonds is 6. The number of hydrogen-bond acceptors (Lipinski definition) is 5. The number of carbonyl (C=O) groups is 2. The van der Waals surface area contributed by atoms with Gasteiger partial charge in [-0.1, -0.05) is 23.2 Å². The highest BCUT2D eigenvalue weighted by Crippen LogP contribution is 2.26. The molecule has 0 atom stereocenters. The van der Waals surface area contributed by atoms with Gasteiger partial charge in [-0.05, 0) is 31.2 Å². The number of methoxy groups -OCH3 is 1. The third-order valence-electron chi connectivity index (χ3n) is 3.06. The molecule has 0 radical (unpaired) electrons. The van der Waals surface area contributed by atoms with E-state index < -0.39 is 5.97 Å². The van der Waals surface area contributed by atoms with Crippen molar-refractivity contribution >= 4 is 52.5 Å². The first-order valence-electron chi connectivity index (χ1n) is 6.91. The van der Waals surface area contributed by atoms with Crippen molar-refractivity contribution in [2.24, 2.45) is 0 Å². The number of anilines is 1. The molecule has 1 aromatic carbocycles. The van der Waals surface area contributed by atoms with Crippen LogP contribution in [-0.2, 0) is 15.3 Å². The molecule has 128 valence electrons. The van der Waals surface area contributed by atoms with Crippen molar-refractivity contribution in [1.29, 1.82) is 0 Å². The third kappa shape index (κ3) is 4.93. The largest absolute Gasteiger partial charge is 0.465 e. The lowest BCUT2D eigenvalue weighted by Gasteiger charge is -2.07. The summed E-state index contributed by atoms with van der Waals surface area (Å²) < 4.78 is 10.1. The minimum Gasteiger partial charge on any atom is -0.465 e. The fourth-order valence-electron chi connectivity index (χ4n) is 1.95. The second-order valence-electron chi connectivity index (χ2n) is 4.84. The summed E-state index contributed by atoms with van der Waals surface area (Å²) in [5.74, 6) is 1.14. The Hall–Kier alpha value is -1.63. The fraction of sp³-hybridized carbons (Fsp3) is 0.250. The van der Waals surface area contributed by atoms with Gasteiger partial charge >= 0.3 is 5.97 Å². The second kappa shape index (κ2) is 8.46. The summed E-state index contributed by atoms with van der Waals surface area (Å²) in [6.07, 6.45) is 0. The molecular weight excluding hydrogens is 373 g/mol. The van der Waals surface area contributed by atoms with Crippen LogP contribution in [-0.4, -0.2) is 24.7 Å². The highest BCUT2D eigenvalue weighted by atomic mass is 35.5. The summed E-state index contributed by atoms with van der Waals surface area (Å²) in [5, 5.41) is 3.59. The van der Waals surface area contributed by atoms with Gasteiger partial charge in [0.25, 0.3) is 0 Å². The third-order valence-corrected chi connectivity index (χ3v) is 4.56. The van der Waals surface area contributed by atoms with Crippen molar-refractivity contribution in [3.05, 3.63) is 51.4 Å². The summed E-state index contributed by atoms with van der Waals surface area (Å²) in [6, 6.07) is 6.48. The first kappa shape index (κ1) is 18.7. The first-order chi connectivity index (χ1) is 11.4. The summed E-state index contributed by atoms with van der Waals surface area (Å²) in [6.45, 7) is 1.69. The van der Waals surface area contributed by atoms with E-state index in [0.717, 1.165) is 0 Å². The van der Waals surface area contributed by atoms with Gasteiger partial charge in [0.2, 0.25) is 5.91 Å². The molecular formula is C16H15Cl2NO4S. The van der Waals surface area contributed by atoms with Crippen LogP contribution >= 0.6 is 35.0 Å². The molecule has 0 aliphatic carbocycles. The highest BCUT2D eigenvalue weighted by molar-refractivity contribution is 7.99. The minimum absolute atomic E-state index is 0.194. The van der Waals surface area contributed by atoms with Crippen molar-refractivity contribution < 1.29 is 18.7 Å². The lowest BCUT2D eigenvalue weighted by atomic mass is 10.2. The smallest absolute Gasteiger partial charge is 0.341 e. The molecule has 1 N–H and O–H groups in total. The van der Waals surface area contributed by atoms with Crippen molar-refractivity contribution in [1.82, 2.24) is 0 Å². The van der Waals surface area contributed by atoms with Crippen molar-refractivity contribution in [3.8, 4) is 0 Å². The van der Waals surface area contributed by atoms with E-state index in [9.17, 15) is 9.59 Å². The molecule has 8 heteroatoms. The van der Waals surface area contributed by atoms with E-state index in [4.69, 9.17) is 27.6 Å². The Morgan fingerprint density at radius 3 is 2.71 bits per heavy atom. The Morgan fingerprint density at radius 2 is 2.04 bits per heavy atom. The maximum Gasteiger partial charge on any atom is 0.341 e. The quantitative estimate of drug-likeness (QED) is 0.736. The van der Waals surface area contributed by atoms with Crippen LogP contribution in [0.25, 0.3) is 0 Å². The van der Waals surface area contributed by atoms with Gasteiger partial charge in [-0.3, -0.25) is 4.79 Å². The molecule has 0 saturated carbocycles. The highest BCUT2D eigenvalue weighted by Gasteiger charge is 2.15. The number of nitrogens with one attached hydrogen (secondary N) is 1. The van der Waals surface area contributed by atoms with Crippen LogP contribution in [0.3, 0.4) is 0 Å². The summed E-state index contributed by atoms with van der Waals surface area (Å²) in [5.41, 5.74) is 0.902. The molecule has 0 bridgehead atoms. The molecule has 1 aromatic heterocycles. The maximum absolute atomic E-state index is 11.9. The zero-order valence-electron chi connectivity index (χ0n) is 13.0. The molecule has 0 spiro atoms. The van der Waals surface area contributed by atoms with Crippen LogP contribution < -0.4 is 5.32 Å². The van der Waals surface area contributed by atoms with Gasteiger partial charge in [-0.25, -0.2) is 4.79 Å². The Balaban J connectivity index is 1.85. The average molecular weight is 388 g/mol. The van der Waals surface area contributed by atoms with E-state index in [1.54, 1.807) is 31.2 Å². The van der Waals surface area contributed by atoms with Crippen LogP contribution in [0.2, 0.25) is 10.0 Å². The van der Waals surface area contributed by atoms with Gasteiger partial charge in [-0.15, -0.1) is 11.8 Å². The van der Waals surface area contributed by atoms with E-state index >= 15 is 0 Å². The molecule has 0 unspecified atom stereocenters. The van der Waals surface area contributed by atoms with Crippen LogP contribution in [0.4, 0.5) is 5.69 Å². The Morgan fingerprint density at radius 1 is 1.29 bits per heavy atom. The number of hydrogen-bond donors (Lipinski definition) is 1. The summed E-state index contributed by atoms with van der Waals surface area (Å²) in [7, 11) is 1.31. The number of furan rings is 1. The van der Waals surface area contributed by atoms with E-state index in [-0.39, 0.29) is 11.7 Å². The second-order valence-corrected chi connectivity index (χ2v) is 6.67. The Bertz CT molecular complexity index is 761. The Labute approximate surface area is 153 Å². The van der Waals surface area contributed by atoms with Crippen LogP contribution in [0, 0.1) is 6.92 Å². The molecule has 24 heavy (non-hydrogen) atoms. The standard InChI is InChI=1S/C16H15Cl2NO4S/c1-9-12(16(21)22-2)6-11(23-9)7-24-8-15(20)19-14-4-3-10(17)5-13(14)18/h3-6H,7-8H2,1-2H3,(H,19,20). The molecule has 0 saturated heterocycles. The van der Waals surface area contributed by atoms with Gasteiger partial charge in [-0.2, -0.15) is 0 Å². The number of ether oxygens (including phenoxy) is 1. The molecule has 0 aliphatic rings. The predicted molar refractivity (Wildman–Crippen MR) is 96.0 cm³/mol. The van der Waals surface area contributed by atoms with E-state index in [0.29, 0.717) is 38.6 Å². The number of thioether (sulfide) groups is 1. The number of halogens is 2. The molecule has 0 aliphatic heterocycles. The number of aryl methyl sites for hydroxylation is 1. The van der Waals surface area contributed by atoms with Gasteiger partial charge in [0, 0.05) is 5.02 Å². The number of carbonyl (C=O) groups excluding carboxylic acids is 2. The lowest BCUT2D eigenvalue weighted by Crippen LogP contribution is -2.14.